The van der Waals surface area contributed by atoms with Crippen LogP contribution in [0.5, 0.6) is 0 Å². The summed E-state index contributed by atoms with van der Waals surface area (Å²) in [5.41, 5.74) is 8.74. The molecule has 0 amide bonds. The molecule has 3 aromatic carbocycles. The lowest BCUT2D eigenvalue weighted by Gasteiger charge is -2.23. The van der Waals surface area contributed by atoms with E-state index in [1.807, 2.05) is 60.7 Å². The van der Waals surface area contributed by atoms with Crippen molar-refractivity contribution in [1.82, 2.24) is 19.7 Å². The molecule has 8 heteroatoms. The molecule has 4 aromatic rings. The maximum absolute atomic E-state index is 13.5. The molecule has 0 unspecified atom stereocenters. The number of sulfonamides is 1. The summed E-state index contributed by atoms with van der Waals surface area (Å²) in [4.78, 5) is 8.41. The van der Waals surface area contributed by atoms with E-state index in [0.717, 1.165) is 16.7 Å². The van der Waals surface area contributed by atoms with Gasteiger partial charge in [-0.15, -0.1) is 0 Å². The fourth-order valence-electron chi connectivity index (χ4n) is 3.32. The number of nitrogens with one attached hydrogen (secondary N) is 2. The van der Waals surface area contributed by atoms with Crippen molar-refractivity contribution in [2.24, 2.45) is 0 Å². The molecule has 2 N–H and O–H groups in total. The number of benzene rings is 3. The first kappa shape index (κ1) is 22.6. The van der Waals surface area contributed by atoms with Crippen LogP contribution in [0.2, 0.25) is 0 Å². The Morgan fingerprint density at radius 2 is 1.21 bits per heavy atom. The van der Waals surface area contributed by atoms with E-state index in [1.165, 1.54) is 4.31 Å². The third kappa shape index (κ3) is 6.23. The second kappa shape index (κ2) is 10.8. The van der Waals surface area contributed by atoms with Crippen LogP contribution >= 0.6 is 0 Å². The maximum Gasteiger partial charge on any atom is 0.243 e. The van der Waals surface area contributed by atoms with Gasteiger partial charge < -0.3 is 0 Å². The molecule has 1 aromatic heterocycles. The van der Waals surface area contributed by atoms with Crippen LogP contribution in [0, 0.1) is 0 Å². The molecule has 1 heterocycles. The molecule has 0 fully saturated rings. The highest BCUT2D eigenvalue weighted by atomic mass is 32.2. The Morgan fingerprint density at radius 3 is 1.76 bits per heavy atom. The Hall–Kier alpha value is -3.59. The number of hydrogen-bond donors (Lipinski definition) is 2. The quantitative estimate of drug-likeness (QED) is 0.349. The van der Waals surface area contributed by atoms with Crippen molar-refractivity contribution in [2.75, 3.05) is 5.43 Å². The first-order valence-electron chi connectivity index (χ1n) is 10.5. The van der Waals surface area contributed by atoms with Gasteiger partial charge in [-0.1, -0.05) is 72.8 Å². The van der Waals surface area contributed by atoms with Gasteiger partial charge in [-0.25, -0.2) is 23.8 Å². The Bertz CT molecular complexity index is 1200. The van der Waals surface area contributed by atoms with Crippen molar-refractivity contribution >= 4 is 16.0 Å². The first-order valence-corrected chi connectivity index (χ1v) is 12.0. The number of hydrogen-bond acceptors (Lipinski definition) is 6. The van der Waals surface area contributed by atoms with Gasteiger partial charge in [-0.05, 0) is 34.9 Å². The van der Waals surface area contributed by atoms with Gasteiger partial charge in [0.1, 0.15) is 0 Å². The highest BCUT2D eigenvalue weighted by Crippen LogP contribution is 2.22. The second-order valence-corrected chi connectivity index (χ2v) is 9.38. The summed E-state index contributed by atoms with van der Waals surface area (Å²) in [5.74, 6) is 0.467. The van der Waals surface area contributed by atoms with E-state index in [0.29, 0.717) is 25.6 Å². The third-order valence-corrected chi connectivity index (χ3v) is 6.83. The summed E-state index contributed by atoms with van der Waals surface area (Å²) in [6, 6.07) is 27.9. The van der Waals surface area contributed by atoms with Crippen molar-refractivity contribution in [1.29, 1.82) is 0 Å². The van der Waals surface area contributed by atoms with E-state index < -0.39 is 10.0 Å². The molecule has 0 bridgehead atoms. The minimum atomic E-state index is -3.70. The predicted octanol–water partition coefficient (Wildman–Crippen LogP) is 3.98. The van der Waals surface area contributed by atoms with Crippen molar-refractivity contribution in [3.63, 3.8) is 0 Å². The van der Waals surface area contributed by atoms with Crippen molar-refractivity contribution in [2.45, 2.75) is 24.5 Å². The van der Waals surface area contributed by atoms with Gasteiger partial charge in [0, 0.05) is 32.0 Å². The zero-order valence-electron chi connectivity index (χ0n) is 18.0. The molecule has 0 aliphatic heterocycles. The lowest BCUT2D eigenvalue weighted by molar-refractivity contribution is 0.401. The number of rotatable bonds is 10. The zero-order chi connectivity index (χ0) is 22.9. The summed E-state index contributed by atoms with van der Waals surface area (Å²) in [6.07, 6.45) is 3.29. The molecule has 4 rings (SSSR count). The smallest absolute Gasteiger partial charge is 0.243 e. The van der Waals surface area contributed by atoms with Gasteiger partial charge in [-0.3, -0.25) is 5.43 Å². The topological polar surface area (TPSA) is 87.2 Å². The lowest BCUT2D eigenvalue weighted by Crippen LogP contribution is -2.30. The van der Waals surface area contributed by atoms with E-state index in [2.05, 4.69) is 20.8 Å². The summed E-state index contributed by atoms with van der Waals surface area (Å²) in [6.45, 7) is 1.07. The predicted molar refractivity (Wildman–Crippen MR) is 128 cm³/mol. The summed E-state index contributed by atoms with van der Waals surface area (Å²) in [7, 11) is -3.70. The highest BCUT2D eigenvalue weighted by molar-refractivity contribution is 7.89. The van der Waals surface area contributed by atoms with E-state index in [4.69, 9.17) is 0 Å². The average molecular weight is 460 g/mol. The van der Waals surface area contributed by atoms with Gasteiger partial charge >= 0.3 is 0 Å². The van der Waals surface area contributed by atoms with Crippen LogP contribution in [0.1, 0.15) is 16.7 Å². The van der Waals surface area contributed by atoms with Crippen molar-refractivity contribution < 1.29 is 8.42 Å². The van der Waals surface area contributed by atoms with Crippen LogP contribution in [0.3, 0.4) is 0 Å². The molecule has 7 nitrogen and oxygen atoms in total. The Kier molecular flexibility index (Phi) is 7.41. The molecule has 0 saturated carbocycles. The largest absolute Gasteiger partial charge is 0.289 e. The normalized spacial score (nSPS) is 11.4. The molecule has 33 heavy (non-hydrogen) atoms. The molecule has 0 radical (unpaired) electrons. The fraction of sp³-hybridized carbons (Fsp3) is 0.120. The van der Waals surface area contributed by atoms with Crippen LogP contribution < -0.4 is 10.9 Å². The number of nitrogens with zero attached hydrogens (tertiary/aromatic N) is 3. The summed E-state index contributed by atoms with van der Waals surface area (Å²) < 4.78 is 28.6. The SMILES string of the molecule is O=S(=O)(c1ccc(CNNc2ncccn2)cc1)N(Cc1ccccc1)Cc1ccccc1. The van der Waals surface area contributed by atoms with Gasteiger partial charge in [0.05, 0.1) is 4.90 Å². The van der Waals surface area contributed by atoms with Gasteiger partial charge in [0.2, 0.25) is 16.0 Å². The Balaban J connectivity index is 1.48. The summed E-state index contributed by atoms with van der Waals surface area (Å²) >= 11 is 0. The fourth-order valence-corrected chi connectivity index (χ4v) is 4.73. The standard InChI is InChI=1S/C25H25N5O2S/c31-33(32,24-14-12-21(13-15-24)18-28-29-25-26-16-7-17-27-25)30(19-22-8-3-1-4-9-22)20-23-10-5-2-6-11-23/h1-17,28H,18-20H2,(H,26,27,29). The van der Waals surface area contributed by atoms with Crippen molar-refractivity contribution in [3.05, 3.63) is 120 Å². The van der Waals surface area contributed by atoms with Gasteiger partial charge in [0.15, 0.2) is 0 Å². The second-order valence-electron chi connectivity index (χ2n) is 7.44. The third-order valence-electron chi connectivity index (χ3n) is 5.02. The van der Waals surface area contributed by atoms with Crippen molar-refractivity contribution in [3.8, 4) is 0 Å². The van der Waals surface area contributed by atoms with E-state index >= 15 is 0 Å². The highest BCUT2D eigenvalue weighted by Gasteiger charge is 2.25. The molecule has 0 aliphatic carbocycles. The molecular formula is C25H25N5O2S. The molecule has 0 atom stereocenters. The van der Waals surface area contributed by atoms with E-state index in [-0.39, 0.29) is 4.90 Å². The van der Waals surface area contributed by atoms with Crippen LogP contribution in [0.25, 0.3) is 0 Å². The van der Waals surface area contributed by atoms with Gasteiger partial charge in [-0.2, -0.15) is 4.31 Å². The van der Waals surface area contributed by atoms with E-state index in [9.17, 15) is 8.42 Å². The number of anilines is 1. The monoisotopic (exact) mass is 459 g/mol. The van der Waals surface area contributed by atoms with Crippen LogP contribution in [-0.4, -0.2) is 22.7 Å². The zero-order valence-corrected chi connectivity index (χ0v) is 18.8. The lowest BCUT2D eigenvalue weighted by atomic mass is 10.2. The minimum absolute atomic E-state index is 0.262. The van der Waals surface area contributed by atoms with Crippen LogP contribution in [0.15, 0.2) is 108 Å². The minimum Gasteiger partial charge on any atom is -0.289 e. The molecule has 168 valence electrons. The van der Waals surface area contributed by atoms with Crippen LogP contribution in [0.4, 0.5) is 5.95 Å². The number of hydrazine groups is 1. The molecule has 0 aliphatic rings. The molecular weight excluding hydrogens is 434 g/mol. The molecule has 0 spiro atoms. The molecule has 0 saturated heterocycles. The Morgan fingerprint density at radius 1 is 0.667 bits per heavy atom. The van der Waals surface area contributed by atoms with E-state index in [1.54, 1.807) is 42.7 Å². The average Bonchev–Trinajstić information content (AvgIpc) is 2.86. The van der Waals surface area contributed by atoms with Crippen LogP contribution in [-0.2, 0) is 29.7 Å². The summed E-state index contributed by atoms with van der Waals surface area (Å²) in [5, 5.41) is 0. The first-order chi connectivity index (χ1) is 16.1. The number of aromatic nitrogens is 2. The van der Waals surface area contributed by atoms with Gasteiger partial charge in [0.25, 0.3) is 0 Å². The Labute approximate surface area is 194 Å². The maximum atomic E-state index is 13.5.